The number of halogens is 1. The highest BCUT2D eigenvalue weighted by Crippen LogP contribution is 2.14. The zero-order chi connectivity index (χ0) is 16.8. The Morgan fingerprint density at radius 2 is 1.62 bits per heavy atom. The van der Waals surface area contributed by atoms with E-state index in [2.05, 4.69) is 22.3 Å². The molecule has 0 saturated carbocycles. The van der Waals surface area contributed by atoms with Crippen LogP contribution in [0.3, 0.4) is 0 Å². The van der Waals surface area contributed by atoms with E-state index in [1.165, 1.54) is 5.56 Å². The predicted octanol–water partition coefficient (Wildman–Crippen LogP) is 3.35. The number of ether oxygens (including phenoxy) is 1. The highest BCUT2D eigenvalue weighted by Gasteiger charge is 2.10. The maximum atomic E-state index is 12.1. The average molecular weight is 345 g/mol. The summed E-state index contributed by atoms with van der Waals surface area (Å²) in [5, 5.41) is 3.61. The van der Waals surface area contributed by atoms with Crippen molar-refractivity contribution < 1.29 is 9.53 Å². The van der Waals surface area contributed by atoms with Crippen LogP contribution in [0.25, 0.3) is 0 Å². The third kappa shape index (κ3) is 5.06. The van der Waals surface area contributed by atoms with Crippen LogP contribution in [0.5, 0.6) is 0 Å². The number of hydrogen-bond donors (Lipinski definition) is 1. The van der Waals surface area contributed by atoms with E-state index in [1.54, 1.807) is 12.1 Å². The van der Waals surface area contributed by atoms with E-state index in [4.69, 9.17) is 16.3 Å². The number of anilines is 1. The second-order valence-corrected chi connectivity index (χ2v) is 6.37. The Morgan fingerprint density at radius 1 is 1.00 bits per heavy atom. The lowest BCUT2D eigenvalue weighted by atomic mass is 10.1. The number of morpholine rings is 1. The Hall–Kier alpha value is -1.88. The van der Waals surface area contributed by atoms with Crippen LogP contribution in [0.1, 0.15) is 11.1 Å². The van der Waals surface area contributed by atoms with Crippen LogP contribution >= 0.6 is 11.6 Å². The van der Waals surface area contributed by atoms with Gasteiger partial charge in [-0.3, -0.25) is 9.69 Å². The monoisotopic (exact) mass is 344 g/mol. The number of rotatable bonds is 5. The van der Waals surface area contributed by atoms with Crippen molar-refractivity contribution >= 4 is 23.2 Å². The van der Waals surface area contributed by atoms with Crippen LogP contribution in [0.2, 0.25) is 5.02 Å². The molecule has 0 aromatic heterocycles. The van der Waals surface area contributed by atoms with Gasteiger partial charge in [0.1, 0.15) is 0 Å². The predicted molar refractivity (Wildman–Crippen MR) is 96.3 cm³/mol. The van der Waals surface area contributed by atoms with E-state index in [0.717, 1.165) is 44.1 Å². The summed E-state index contributed by atoms with van der Waals surface area (Å²) in [5.74, 6) is -0.0294. The maximum absolute atomic E-state index is 12.1. The van der Waals surface area contributed by atoms with Crippen molar-refractivity contribution in [2.45, 2.75) is 13.0 Å². The molecule has 1 N–H and O–H groups in total. The van der Waals surface area contributed by atoms with Crippen molar-refractivity contribution in [3.05, 3.63) is 64.7 Å². The van der Waals surface area contributed by atoms with Gasteiger partial charge in [-0.15, -0.1) is 0 Å². The van der Waals surface area contributed by atoms with Gasteiger partial charge in [-0.25, -0.2) is 0 Å². The minimum atomic E-state index is -0.0294. The first-order valence-electron chi connectivity index (χ1n) is 8.12. The van der Waals surface area contributed by atoms with Crippen molar-refractivity contribution in [1.82, 2.24) is 4.90 Å². The van der Waals surface area contributed by atoms with E-state index in [0.29, 0.717) is 11.4 Å². The third-order valence-corrected chi connectivity index (χ3v) is 4.28. The molecule has 4 nitrogen and oxygen atoms in total. The first kappa shape index (κ1) is 17.0. The number of benzene rings is 2. The summed E-state index contributed by atoms with van der Waals surface area (Å²) in [6.07, 6.45) is 0.340. The van der Waals surface area contributed by atoms with Crippen molar-refractivity contribution in [3.8, 4) is 0 Å². The zero-order valence-corrected chi connectivity index (χ0v) is 14.3. The summed E-state index contributed by atoms with van der Waals surface area (Å²) >= 11 is 5.85. The van der Waals surface area contributed by atoms with Gasteiger partial charge >= 0.3 is 0 Å². The largest absolute Gasteiger partial charge is 0.379 e. The summed E-state index contributed by atoms with van der Waals surface area (Å²) < 4.78 is 5.36. The lowest BCUT2D eigenvalue weighted by Crippen LogP contribution is -2.35. The molecule has 0 spiro atoms. The molecule has 0 unspecified atom stereocenters. The van der Waals surface area contributed by atoms with Gasteiger partial charge in [-0.05, 0) is 35.4 Å². The second kappa shape index (κ2) is 8.29. The van der Waals surface area contributed by atoms with Crippen LogP contribution in [0, 0.1) is 0 Å². The fourth-order valence-corrected chi connectivity index (χ4v) is 2.83. The van der Waals surface area contributed by atoms with Gasteiger partial charge in [0.05, 0.1) is 19.6 Å². The molecule has 126 valence electrons. The van der Waals surface area contributed by atoms with Crippen LogP contribution in [-0.2, 0) is 22.5 Å². The van der Waals surface area contributed by atoms with Crippen LogP contribution in [-0.4, -0.2) is 37.1 Å². The topological polar surface area (TPSA) is 41.6 Å². The van der Waals surface area contributed by atoms with Gasteiger partial charge in [-0.2, -0.15) is 0 Å². The standard InChI is InChI=1S/C19H21ClN2O2/c20-17-5-1-15(2-6-17)13-19(23)21-18-7-3-16(4-8-18)14-22-9-11-24-12-10-22/h1-8H,9-14H2,(H,21,23). The Kier molecular flexibility index (Phi) is 5.86. The van der Waals surface area contributed by atoms with Gasteiger partial charge < -0.3 is 10.1 Å². The highest BCUT2D eigenvalue weighted by molar-refractivity contribution is 6.30. The summed E-state index contributed by atoms with van der Waals surface area (Å²) in [7, 11) is 0. The van der Waals surface area contributed by atoms with E-state index < -0.39 is 0 Å². The maximum Gasteiger partial charge on any atom is 0.228 e. The van der Waals surface area contributed by atoms with Gasteiger partial charge in [0.2, 0.25) is 5.91 Å². The Labute approximate surface area is 147 Å². The second-order valence-electron chi connectivity index (χ2n) is 5.94. The fourth-order valence-electron chi connectivity index (χ4n) is 2.70. The summed E-state index contributed by atoms with van der Waals surface area (Å²) in [6, 6.07) is 15.4. The number of carbonyl (C=O) groups excluding carboxylic acids is 1. The molecule has 2 aromatic rings. The van der Waals surface area contributed by atoms with Crippen LogP contribution < -0.4 is 5.32 Å². The van der Waals surface area contributed by atoms with Gasteiger partial charge in [0.15, 0.2) is 0 Å². The third-order valence-electron chi connectivity index (χ3n) is 4.03. The number of nitrogens with one attached hydrogen (secondary N) is 1. The molecule has 1 fully saturated rings. The Morgan fingerprint density at radius 3 is 2.29 bits per heavy atom. The Bertz CT molecular complexity index is 665. The molecule has 2 aromatic carbocycles. The van der Waals surface area contributed by atoms with Gasteiger partial charge in [0, 0.05) is 30.3 Å². The van der Waals surface area contributed by atoms with Crippen LogP contribution in [0.15, 0.2) is 48.5 Å². The molecule has 3 rings (SSSR count). The molecule has 0 bridgehead atoms. The lowest BCUT2D eigenvalue weighted by molar-refractivity contribution is -0.115. The van der Waals surface area contributed by atoms with Crippen molar-refractivity contribution in [3.63, 3.8) is 0 Å². The number of hydrogen-bond acceptors (Lipinski definition) is 3. The number of carbonyl (C=O) groups is 1. The van der Waals surface area contributed by atoms with E-state index >= 15 is 0 Å². The zero-order valence-electron chi connectivity index (χ0n) is 13.5. The minimum Gasteiger partial charge on any atom is -0.379 e. The van der Waals surface area contributed by atoms with E-state index in [1.807, 2.05) is 24.3 Å². The molecule has 0 radical (unpaired) electrons. The molecule has 1 aliphatic rings. The van der Waals surface area contributed by atoms with Crippen molar-refractivity contribution in [1.29, 1.82) is 0 Å². The lowest BCUT2D eigenvalue weighted by Gasteiger charge is -2.26. The summed E-state index contributed by atoms with van der Waals surface area (Å²) in [4.78, 5) is 14.5. The van der Waals surface area contributed by atoms with Crippen molar-refractivity contribution in [2.75, 3.05) is 31.6 Å². The van der Waals surface area contributed by atoms with E-state index in [-0.39, 0.29) is 5.91 Å². The molecule has 0 aliphatic carbocycles. The molecule has 1 amide bonds. The number of amides is 1. The first-order chi connectivity index (χ1) is 11.7. The fraction of sp³-hybridized carbons (Fsp3) is 0.316. The number of nitrogens with zero attached hydrogens (tertiary/aromatic N) is 1. The molecular formula is C19H21ClN2O2. The van der Waals surface area contributed by atoms with Crippen LogP contribution in [0.4, 0.5) is 5.69 Å². The first-order valence-corrected chi connectivity index (χ1v) is 8.50. The molecule has 1 aliphatic heterocycles. The molecule has 1 heterocycles. The summed E-state index contributed by atoms with van der Waals surface area (Å²) in [5.41, 5.74) is 3.01. The molecule has 1 saturated heterocycles. The molecule has 24 heavy (non-hydrogen) atoms. The minimum absolute atomic E-state index is 0.0294. The summed E-state index contributed by atoms with van der Waals surface area (Å²) in [6.45, 7) is 4.47. The van der Waals surface area contributed by atoms with Gasteiger partial charge in [0.25, 0.3) is 0 Å². The SMILES string of the molecule is O=C(Cc1ccc(Cl)cc1)Nc1ccc(CN2CCOCC2)cc1. The smallest absolute Gasteiger partial charge is 0.228 e. The molecular weight excluding hydrogens is 324 g/mol. The van der Waals surface area contributed by atoms with Gasteiger partial charge in [-0.1, -0.05) is 35.9 Å². The normalized spacial score (nSPS) is 15.2. The quantitative estimate of drug-likeness (QED) is 0.904. The highest BCUT2D eigenvalue weighted by atomic mass is 35.5. The Balaban J connectivity index is 1.51. The van der Waals surface area contributed by atoms with E-state index in [9.17, 15) is 4.79 Å². The molecule has 5 heteroatoms. The average Bonchev–Trinajstić information content (AvgIpc) is 2.60. The molecule has 0 atom stereocenters. The van der Waals surface area contributed by atoms with Crippen molar-refractivity contribution in [2.24, 2.45) is 0 Å².